The van der Waals surface area contributed by atoms with Crippen molar-refractivity contribution in [3.63, 3.8) is 0 Å². The van der Waals surface area contributed by atoms with Gasteiger partial charge in [-0.3, -0.25) is 9.89 Å². The van der Waals surface area contributed by atoms with Crippen LogP contribution in [0.2, 0.25) is 0 Å². The molecule has 0 amide bonds. The molecule has 2 fully saturated rings. The lowest BCUT2D eigenvalue weighted by Gasteiger charge is -2.39. The van der Waals surface area contributed by atoms with Crippen LogP contribution in [0.5, 0.6) is 0 Å². The van der Waals surface area contributed by atoms with Crippen molar-refractivity contribution in [2.75, 3.05) is 51.6 Å². The highest BCUT2D eigenvalue weighted by molar-refractivity contribution is 14.0. The summed E-state index contributed by atoms with van der Waals surface area (Å²) in [7, 11) is 0. The fraction of sp³-hybridized carbons (Fsp3) is 0.944. The number of rotatable bonds is 5. The highest BCUT2D eigenvalue weighted by Crippen LogP contribution is 2.29. The Hall–Kier alpha value is 0.1000. The van der Waals surface area contributed by atoms with E-state index in [9.17, 15) is 13.2 Å². The molecule has 0 radical (unpaired) electrons. The lowest BCUT2D eigenvalue weighted by atomic mass is 9.93. The number of nitrogens with one attached hydrogen (secondary N) is 1. The molecule has 2 heterocycles. The third kappa shape index (κ3) is 9.43. The maximum absolute atomic E-state index is 12.5. The molecule has 0 bridgehead atoms. The van der Waals surface area contributed by atoms with Crippen LogP contribution in [0.25, 0.3) is 0 Å². The molecule has 0 unspecified atom stereocenters. The van der Waals surface area contributed by atoms with Crippen molar-refractivity contribution in [3.8, 4) is 0 Å². The highest BCUT2D eigenvalue weighted by Gasteiger charge is 2.32. The SMILES string of the molecule is CCNC(=NCCC1CCN(CC(F)(F)F)CC1)N1CCSC(C)(C)C1.I. The van der Waals surface area contributed by atoms with E-state index in [-0.39, 0.29) is 28.7 Å². The third-order valence-corrected chi connectivity index (χ3v) is 6.27. The van der Waals surface area contributed by atoms with Gasteiger partial charge in [-0.2, -0.15) is 24.9 Å². The summed E-state index contributed by atoms with van der Waals surface area (Å²) >= 11 is 2.00. The van der Waals surface area contributed by atoms with Crippen molar-refractivity contribution in [1.29, 1.82) is 0 Å². The van der Waals surface area contributed by atoms with Gasteiger partial charge in [0.05, 0.1) is 6.54 Å². The number of alkyl halides is 3. The summed E-state index contributed by atoms with van der Waals surface area (Å²) in [5.74, 6) is 2.57. The molecule has 4 nitrogen and oxygen atoms in total. The second kappa shape index (κ2) is 11.3. The molecule has 0 aliphatic carbocycles. The first-order valence-corrected chi connectivity index (χ1v) is 10.6. The first-order chi connectivity index (χ1) is 12.2. The fourth-order valence-electron chi connectivity index (χ4n) is 3.66. The predicted molar refractivity (Wildman–Crippen MR) is 119 cm³/mol. The number of hydrogen-bond acceptors (Lipinski definition) is 3. The monoisotopic (exact) mass is 522 g/mol. The van der Waals surface area contributed by atoms with Gasteiger partial charge < -0.3 is 10.2 Å². The van der Waals surface area contributed by atoms with Gasteiger partial charge in [0.15, 0.2) is 5.96 Å². The molecule has 2 rings (SSSR count). The Labute approximate surface area is 183 Å². The van der Waals surface area contributed by atoms with Crippen molar-refractivity contribution >= 4 is 41.7 Å². The van der Waals surface area contributed by atoms with Gasteiger partial charge in [0, 0.05) is 36.7 Å². The summed E-state index contributed by atoms with van der Waals surface area (Å²) in [5.41, 5.74) is 0. The van der Waals surface area contributed by atoms with Gasteiger partial charge in [-0.15, -0.1) is 24.0 Å². The van der Waals surface area contributed by atoms with Crippen LogP contribution in [-0.4, -0.2) is 78.2 Å². The summed E-state index contributed by atoms with van der Waals surface area (Å²) in [4.78, 5) is 8.67. The van der Waals surface area contributed by atoms with Gasteiger partial charge in [0.2, 0.25) is 0 Å². The van der Waals surface area contributed by atoms with E-state index in [1.165, 1.54) is 4.90 Å². The van der Waals surface area contributed by atoms with Crippen LogP contribution < -0.4 is 5.32 Å². The van der Waals surface area contributed by atoms with E-state index in [0.29, 0.717) is 19.0 Å². The number of likely N-dealkylation sites (tertiary alicyclic amines) is 1. The predicted octanol–water partition coefficient (Wildman–Crippen LogP) is 4.06. The molecule has 2 aliphatic heterocycles. The van der Waals surface area contributed by atoms with Crippen molar-refractivity contribution in [2.24, 2.45) is 10.9 Å². The van der Waals surface area contributed by atoms with Crippen LogP contribution in [0.15, 0.2) is 4.99 Å². The van der Waals surface area contributed by atoms with Crippen molar-refractivity contribution in [1.82, 2.24) is 15.1 Å². The normalized spacial score (nSPS) is 22.4. The van der Waals surface area contributed by atoms with Crippen molar-refractivity contribution in [2.45, 2.75) is 51.0 Å². The lowest BCUT2D eigenvalue weighted by molar-refractivity contribution is -0.148. The number of thioether (sulfide) groups is 1. The molecule has 0 aromatic rings. The van der Waals surface area contributed by atoms with Gasteiger partial charge in [0.1, 0.15) is 0 Å². The number of guanidine groups is 1. The number of nitrogens with zero attached hydrogens (tertiary/aromatic N) is 3. The minimum absolute atomic E-state index is 0. The van der Waals surface area contributed by atoms with E-state index in [4.69, 9.17) is 4.99 Å². The second-order valence-corrected chi connectivity index (χ2v) is 9.69. The van der Waals surface area contributed by atoms with Crippen LogP contribution in [0.4, 0.5) is 13.2 Å². The molecule has 0 spiro atoms. The van der Waals surface area contributed by atoms with Crippen LogP contribution >= 0.6 is 35.7 Å². The summed E-state index contributed by atoms with van der Waals surface area (Å²) < 4.78 is 37.6. The van der Waals surface area contributed by atoms with E-state index < -0.39 is 12.7 Å². The summed E-state index contributed by atoms with van der Waals surface area (Å²) in [5, 5.41) is 3.39. The zero-order chi connectivity index (χ0) is 19.2. The number of aliphatic imine (C=N–C) groups is 1. The third-order valence-electron chi connectivity index (χ3n) is 4.97. The summed E-state index contributed by atoms with van der Waals surface area (Å²) in [6.45, 7) is 10.5. The number of hydrogen-bond donors (Lipinski definition) is 1. The van der Waals surface area contributed by atoms with E-state index in [2.05, 4.69) is 31.0 Å². The van der Waals surface area contributed by atoms with Gasteiger partial charge in [0.25, 0.3) is 0 Å². The smallest absolute Gasteiger partial charge is 0.357 e. The molecule has 9 heteroatoms. The molecule has 2 saturated heterocycles. The molecule has 2 aliphatic rings. The molecule has 0 aromatic heterocycles. The maximum atomic E-state index is 12.5. The maximum Gasteiger partial charge on any atom is 0.401 e. The minimum atomic E-state index is -4.08. The molecule has 0 atom stereocenters. The van der Waals surface area contributed by atoms with Crippen LogP contribution in [0.3, 0.4) is 0 Å². The Morgan fingerprint density at radius 2 is 1.89 bits per heavy atom. The lowest BCUT2D eigenvalue weighted by Crippen LogP contribution is -2.51. The minimum Gasteiger partial charge on any atom is -0.357 e. The zero-order valence-corrected chi connectivity index (χ0v) is 19.8. The molecule has 0 aromatic carbocycles. The molecule has 27 heavy (non-hydrogen) atoms. The Bertz CT molecular complexity index is 466. The fourth-order valence-corrected chi connectivity index (χ4v) is 4.77. The molecule has 0 saturated carbocycles. The topological polar surface area (TPSA) is 30.9 Å². The summed E-state index contributed by atoms with van der Waals surface area (Å²) in [6, 6.07) is 0. The second-order valence-electron chi connectivity index (χ2n) is 7.89. The molecular weight excluding hydrogens is 488 g/mol. The molecule has 1 N–H and O–H groups in total. The number of piperidine rings is 1. The summed E-state index contributed by atoms with van der Waals surface area (Å²) in [6.07, 6.45) is -1.44. The highest BCUT2D eigenvalue weighted by atomic mass is 127. The van der Waals surface area contributed by atoms with Crippen molar-refractivity contribution < 1.29 is 13.2 Å². The van der Waals surface area contributed by atoms with E-state index in [0.717, 1.165) is 57.2 Å². The molecular formula is C18H34F3IN4S. The van der Waals surface area contributed by atoms with Crippen molar-refractivity contribution in [3.05, 3.63) is 0 Å². The van der Waals surface area contributed by atoms with Crippen LogP contribution in [-0.2, 0) is 0 Å². The molecule has 160 valence electrons. The van der Waals surface area contributed by atoms with Gasteiger partial charge >= 0.3 is 6.18 Å². The average molecular weight is 522 g/mol. The Morgan fingerprint density at radius 3 is 2.44 bits per heavy atom. The van der Waals surface area contributed by atoms with Gasteiger partial charge in [-0.05, 0) is 59.0 Å². The van der Waals surface area contributed by atoms with E-state index >= 15 is 0 Å². The Kier molecular flexibility index (Phi) is 10.5. The Balaban J connectivity index is 0.00000364. The van der Waals surface area contributed by atoms with Crippen LogP contribution in [0, 0.1) is 5.92 Å². The average Bonchev–Trinajstić information content (AvgIpc) is 2.53. The zero-order valence-electron chi connectivity index (χ0n) is 16.6. The van der Waals surface area contributed by atoms with Crippen LogP contribution in [0.1, 0.15) is 40.0 Å². The quantitative estimate of drug-likeness (QED) is 0.335. The Morgan fingerprint density at radius 1 is 1.22 bits per heavy atom. The van der Waals surface area contributed by atoms with Gasteiger partial charge in [-0.1, -0.05) is 0 Å². The first-order valence-electron chi connectivity index (χ1n) is 9.65. The number of halogens is 4. The first kappa shape index (κ1) is 25.1. The largest absolute Gasteiger partial charge is 0.401 e. The van der Waals surface area contributed by atoms with Gasteiger partial charge in [-0.25, -0.2) is 0 Å². The van der Waals surface area contributed by atoms with E-state index in [1.807, 2.05) is 11.8 Å². The standard InChI is InChI=1S/C18H33F3N4S.HI/c1-4-22-16(25-11-12-26-17(2,3)13-25)23-8-5-15-6-9-24(10-7-15)14-18(19,20)21;/h15H,4-14H2,1-3H3,(H,22,23);1H. The van der Waals surface area contributed by atoms with E-state index in [1.54, 1.807) is 0 Å².